The van der Waals surface area contributed by atoms with Crippen LogP contribution >= 0.6 is 0 Å². The second kappa shape index (κ2) is 7.33. The third kappa shape index (κ3) is 5.46. The number of carbonyl (C=O) groups excluding carboxylic acids is 1. The zero-order valence-electron chi connectivity index (χ0n) is 11.8. The lowest BCUT2D eigenvalue weighted by molar-refractivity contribution is -0.139. The van der Waals surface area contributed by atoms with Gasteiger partial charge in [-0.3, -0.25) is 0 Å². The molecule has 0 aromatic heterocycles. The summed E-state index contributed by atoms with van der Waals surface area (Å²) in [6.45, 7) is 7.07. The molecule has 1 rings (SSSR count). The maximum Gasteiger partial charge on any atom is 0.326 e. The van der Waals surface area contributed by atoms with E-state index in [-0.39, 0.29) is 12.0 Å². The molecule has 3 unspecified atom stereocenters. The highest BCUT2D eigenvalue weighted by Gasteiger charge is 2.25. The number of hydrogen-bond donors (Lipinski definition) is 3. The van der Waals surface area contributed by atoms with E-state index < -0.39 is 18.0 Å². The Morgan fingerprint density at radius 2 is 2.11 bits per heavy atom. The van der Waals surface area contributed by atoms with E-state index in [0.717, 1.165) is 13.0 Å². The first kappa shape index (κ1) is 15.8. The average molecular weight is 272 g/mol. The van der Waals surface area contributed by atoms with Crippen molar-refractivity contribution in [2.24, 2.45) is 11.8 Å². The van der Waals surface area contributed by atoms with Crippen molar-refractivity contribution in [2.75, 3.05) is 13.2 Å². The minimum absolute atomic E-state index is 0.145. The van der Waals surface area contributed by atoms with Gasteiger partial charge >= 0.3 is 12.0 Å². The van der Waals surface area contributed by atoms with E-state index >= 15 is 0 Å². The summed E-state index contributed by atoms with van der Waals surface area (Å²) in [5.41, 5.74) is 0. The SMILES string of the molecule is CC(C)CC(NC(=O)NCC1CCOC1C)C(=O)O. The molecule has 0 bridgehead atoms. The van der Waals surface area contributed by atoms with Crippen molar-refractivity contribution >= 4 is 12.0 Å². The highest BCUT2D eigenvalue weighted by Crippen LogP contribution is 2.19. The molecular formula is C13H24N2O4. The lowest BCUT2D eigenvalue weighted by Crippen LogP contribution is -2.47. The number of ether oxygens (including phenoxy) is 1. The molecule has 1 saturated heterocycles. The molecule has 0 aromatic rings. The van der Waals surface area contributed by atoms with E-state index in [0.29, 0.717) is 18.9 Å². The first-order chi connectivity index (χ1) is 8.90. The summed E-state index contributed by atoms with van der Waals surface area (Å²) >= 11 is 0. The first-order valence-corrected chi connectivity index (χ1v) is 6.79. The predicted octanol–water partition coefficient (Wildman–Crippen LogP) is 1.21. The van der Waals surface area contributed by atoms with Crippen molar-refractivity contribution in [1.29, 1.82) is 0 Å². The number of nitrogens with one attached hydrogen (secondary N) is 2. The summed E-state index contributed by atoms with van der Waals surface area (Å²) < 4.78 is 5.40. The number of amides is 2. The van der Waals surface area contributed by atoms with Gasteiger partial charge in [0.05, 0.1) is 6.10 Å². The van der Waals surface area contributed by atoms with Crippen LogP contribution in [0.25, 0.3) is 0 Å². The first-order valence-electron chi connectivity index (χ1n) is 6.79. The van der Waals surface area contributed by atoms with Crippen molar-refractivity contribution in [3.05, 3.63) is 0 Å². The van der Waals surface area contributed by atoms with Crippen LogP contribution in [0.3, 0.4) is 0 Å². The van der Waals surface area contributed by atoms with Gasteiger partial charge in [-0.25, -0.2) is 9.59 Å². The second-order valence-corrected chi connectivity index (χ2v) is 5.50. The Morgan fingerprint density at radius 1 is 1.42 bits per heavy atom. The summed E-state index contributed by atoms with van der Waals surface area (Å²) in [4.78, 5) is 22.7. The largest absolute Gasteiger partial charge is 0.480 e. The fourth-order valence-corrected chi connectivity index (χ4v) is 2.17. The van der Waals surface area contributed by atoms with Gasteiger partial charge in [-0.15, -0.1) is 0 Å². The fraction of sp³-hybridized carbons (Fsp3) is 0.846. The zero-order chi connectivity index (χ0) is 14.4. The minimum atomic E-state index is -0.999. The number of hydrogen-bond acceptors (Lipinski definition) is 3. The highest BCUT2D eigenvalue weighted by atomic mass is 16.5. The summed E-state index contributed by atoms with van der Waals surface area (Å²) in [6, 6.07) is -1.26. The van der Waals surface area contributed by atoms with E-state index in [1.807, 2.05) is 20.8 Å². The Bertz CT molecular complexity index is 320. The quantitative estimate of drug-likeness (QED) is 0.678. The Hall–Kier alpha value is -1.30. The summed E-state index contributed by atoms with van der Waals surface area (Å²) in [5, 5.41) is 14.2. The van der Waals surface area contributed by atoms with Crippen LogP contribution in [-0.2, 0) is 9.53 Å². The molecular weight excluding hydrogens is 248 g/mol. The Balaban J connectivity index is 2.33. The Morgan fingerprint density at radius 3 is 2.58 bits per heavy atom. The lowest BCUT2D eigenvalue weighted by Gasteiger charge is -2.19. The van der Waals surface area contributed by atoms with E-state index in [9.17, 15) is 9.59 Å². The van der Waals surface area contributed by atoms with Crippen LogP contribution in [0, 0.1) is 11.8 Å². The molecule has 0 spiro atoms. The zero-order valence-corrected chi connectivity index (χ0v) is 11.8. The molecule has 6 heteroatoms. The molecule has 3 N–H and O–H groups in total. The van der Waals surface area contributed by atoms with E-state index in [1.54, 1.807) is 0 Å². The van der Waals surface area contributed by atoms with Crippen molar-refractivity contribution < 1.29 is 19.4 Å². The molecule has 1 heterocycles. The molecule has 6 nitrogen and oxygen atoms in total. The van der Waals surface area contributed by atoms with Crippen LogP contribution in [0.15, 0.2) is 0 Å². The van der Waals surface area contributed by atoms with Gasteiger partial charge in [0.15, 0.2) is 0 Å². The number of rotatable bonds is 6. The van der Waals surface area contributed by atoms with Gasteiger partial charge < -0.3 is 20.5 Å². The average Bonchev–Trinajstić information content (AvgIpc) is 2.70. The van der Waals surface area contributed by atoms with Crippen LogP contribution in [0.2, 0.25) is 0 Å². The van der Waals surface area contributed by atoms with E-state index in [4.69, 9.17) is 9.84 Å². The summed E-state index contributed by atoms with van der Waals surface area (Å²) in [7, 11) is 0. The van der Waals surface area contributed by atoms with Crippen LogP contribution < -0.4 is 10.6 Å². The molecule has 0 saturated carbocycles. The van der Waals surface area contributed by atoms with Crippen LogP contribution in [0.5, 0.6) is 0 Å². The van der Waals surface area contributed by atoms with Gasteiger partial charge in [0, 0.05) is 19.1 Å². The van der Waals surface area contributed by atoms with Crippen molar-refractivity contribution in [3.8, 4) is 0 Å². The smallest absolute Gasteiger partial charge is 0.326 e. The molecule has 1 aliphatic rings. The lowest BCUT2D eigenvalue weighted by atomic mass is 10.0. The second-order valence-electron chi connectivity index (χ2n) is 5.50. The van der Waals surface area contributed by atoms with Crippen LogP contribution in [-0.4, -0.2) is 42.4 Å². The minimum Gasteiger partial charge on any atom is -0.480 e. The van der Waals surface area contributed by atoms with E-state index in [2.05, 4.69) is 10.6 Å². The van der Waals surface area contributed by atoms with Gasteiger partial charge in [-0.1, -0.05) is 13.8 Å². The molecule has 110 valence electrons. The van der Waals surface area contributed by atoms with E-state index in [1.165, 1.54) is 0 Å². The van der Waals surface area contributed by atoms with Crippen molar-refractivity contribution in [3.63, 3.8) is 0 Å². The van der Waals surface area contributed by atoms with Gasteiger partial charge in [-0.2, -0.15) is 0 Å². The third-order valence-corrected chi connectivity index (χ3v) is 3.37. The van der Waals surface area contributed by atoms with Crippen LogP contribution in [0.1, 0.15) is 33.6 Å². The standard InChI is InChI=1S/C13H24N2O4/c1-8(2)6-11(12(16)17)15-13(18)14-7-10-4-5-19-9(10)3/h8-11H,4-7H2,1-3H3,(H,16,17)(H2,14,15,18). The highest BCUT2D eigenvalue weighted by molar-refractivity contribution is 5.82. The fourth-order valence-electron chi connectivity index (χ4n) is 2.17. The number of urea groups is 1. The van der Waals surface area contributed by atoms with Gasteiger partial charge in [-0.05, 0) is 25.7 Å². The maximum atomic E-state index is 11.7. The molecule has 19 heavy (non-hydrogen) atoms. The monoisotopic (exact) mass is 272 g/mol. The predicted molar refractivity (Wildman–Crippen MR) is 70.9 cm³/mol. The molecule has 0 aliphatic carbocycles. The topological polar surface area (TPSA) is 87.7 Å². The number of aliphatic carboxylic acids is 1. The number of carboxylic acids is 1. The normalized spacial score (nSPS) is 24.2. The van der Waals surface area contributed by atoms with Gasteiger partial charge in [0.1, 0.15) is 6.04 Å². The van der Waals surface area contributed by atoms with Crippen molar-refractivity contribution in [2.45, 2.75) is 45.8 Å². The van der Waals surface area contributed by atoms with Gasteiger partial charge in [0.2, 0.25) is 0 Å². The van der Waals surface area contributed by atoms with Gasteiger partial charge in [0.25, 0.3) is 0 Å². The van der Waals surface area contributed by atoms with Crippen molar-refractivity contribution in [1.82, 2.24) is 10.6 Å². The summed E-state index contributed by atoms with van der Waals surface area (Å²) in [5.74, 6) is -0.481. The Kier molecular flexibility index (Phi) is 6.08. The molecule has 0 radical (unpaired) electrons. The molecule has 2 amide bonds. The Labute approximate surface area is 113 Å². The number of carboxylic acid groups (broad SMARTS) is 1. The summed E-state index contributed by atoms with van der Waals surface area (Å²) in [6.07, 6.45) is 1.49. The molecule has 3 atom stereocenters. The van der Waals surface area contributed by atoms with Crippen LogP contribution in [0.4, 0.5) is 4.79 Å². The maximum absolute atomic E-state index is 11.7. The molecule has 1 aliphatic heterocycles. The third-order valence-electron chi connectivity index (χ3n) is 3.37. The number of carbonyl (C=O) groups is 2. The molecule has 1 fully saturated rings. The molecule has 0 aromatic carbocycles.